The van der Waals surface area contributed by atoms with Gasteiger partial charge in [-0.3, -0.25) is 0 Å². The van der Waals surface area contributed by atoms with Crippen molar-refractivity contribution < 1.29 is 0 Å². The highest BCUT2D eigenvalue weighted by atomic mass is 15.2. The van der Waals surface area contributed by atoms with E-state index in [0.717, 1.165) is 55.4 Å². The summed E-state index contributed by atoms with van der Waals surface area (Å²) in [4.78, 5) is 8.84. The molecule has 2 rings (SSSR count). The van der Waals surface area contributed by atoms with Gasteiger partial charge in [0, 0.05) is 13.1 Å². The third-order valence-corrected chi connectivity index (χ3v) is 3.35. The van der Waals surface area contributed by atoms with E-state index >= 15 is 0 Å². The molecule has 2 aromatic heterocycles. The molecule has 0 unspecified atom stereocenters. The van der Waals surface area contributed by atoms with Gasteiger partial charge in [0.25, 0.3) is 0 Å². The molecule has 0 fully saturated rings. The Balaban J connectivity index is 2.37. The van der Waals surface area contributed by atoms with Crippen LogP contribution in [-0.4, -0.2) is 19.1 Å². The first kappa shape index (κ1) is 13.6. The molecule has 19 heavy (non-hydrogen) atoms. The van der Waals surface area contributed by atoms with Gasteiger partial charge in [-0.2, -0.15) is 0 Å². The molecule has 2 heterocycles. The van der Waals surface area contributed by atoms with E-state index in [0.29, 0.717) is 0 Å². The maximum atomic E-state index is 6.26. The summed E-state index contributed by atoms with van der Waals surface area (Å²) in [6, 6.07) is 0. The number of aryl methyl sites for hydroxylation is 2. The highest BCUT2D eigenvalue weighted by Gasteiger charge is 2.16. The van der Waals surface area contributed by atoms with Crippen LogP contribution in [0, 0.1) is 6.92 Å². The van der Waals surface area contributed by atoms with Gasteiger partial charge in [0.15, 0.2) is 0 Å². The van der Waals surface area contributed by atoms with Crippen molar-refractivity contribution in [3.63, 3.8) is 0 Å². The van der Waals surface area contributed by atoms with Crippen molar-refractivity contribution in [3.8, 4) is 11.4 Å². The molecule has 0 spiro atoms. The van der Waals surface area contributed by atoms with Gasteiger partial charge in [-0.05, 0) is 19.8 Å². The molecule has 104 valence electrons. The van der Waals surface area contributed by atoms with Crippen molar-refractivity contribution in [1.29, 1.82) is 0 Å². The topological polar surface area (TPSA) is 61.7 Å². The fraction of sp³-hybridized carbons (Fsp3) is 0.571. The molecule has 5 nitrogen and oxygen atoms in total. The Kier molecular flexibility index (Phi) is 4.24. The van der Waals surface area contributed by atoms with Gasteiger partial charge in [0.1, 0.15) is 17.3 Å². The zero-order valence-electron chi connectivity index (χ0n) is 12.1. The molecule has 0 aliphatic carbocycles. The molecule has 2 N–H and O–H groups in total. The molecule has 0 saturated carbocycles. The monoisotopic (exact) mass is 261 g/mol. The van der Waals surface area contributed by atoms with Crippen LogP contribution in [0.2, 0.25) is 0 Å². The summed E-state index contributed by atoms with van der Waals surface area (Å²) in [5.41, 5.74) is 8.13. The molecule has 0 amide bonds. The van der Waals surface area contributed by atoms with E-state index in [1.807, 2.05) is 19.4 Å². The summed E-state index contributed by atoms with van der Waals surface area (Å²) in [7, 11) is 0. The first-order valence-corrected chi connectivity index (χ1v) is 7.02. The molecule has 0 aliphatic rings. The van der Waals surface area contributed by atoms with Crippen LogP contribution in [0.5, 0.6) is 0 Å². The Morgan fingerprint density at radius 1 is 1.21 bits per heavy atom. The van der Waals surface area contributed by atoms with Crippen LogP contribution < -0.4 is 5.73 Å². The molecule has 0 radical (unpaired) electrons. The molecular weight excluding hydrogens is 238 g/mol. The first-order chi connectivity index (χ1) is 9.19. The zero-order valence-corrected chi connectivity index (χ0v) is 12.1. The molecule has 0 bridgehead atoms. The molecular formula is C14H23N5. The lowest BCUT2D eigenvalue weighted by Gasteiger charge is -2.07. The second-order valence-electron chi connectivity index (χ2n) is 4.87. The van der Waals surface area contributed by atoms with Crippen molar-refractivity contribution in [3.05, 3.63) is 18.3 Å². The van der Waals surface area contributed by atoms with Crippen LogP contribution >= 0.6 is 0 Å². The average molecular weight is 261 g/mol. The van der Waals surface area contributed by atoms with Gasteiger partial charge in [-0.1, -0.05) is 20.3 Å². The van der Waals surface area contributed by atoms with Gasteiger partial charge in [0.2, 0.25) is 0 Å². The second-order valence-corrected chi connectivity index (χ2v) is 4.87. The predicted octanol–water partition coefficient (Wildman–Crippen LogP) is 2.85. The third-order valence-electron chi connectivity index (χ3n) is 3.35. The minimum Gasteiger partial charge on any atom is -0.383 e. The average Bonchev–Trinajstić information content (AvgIpc) is 2.94. The Hall–Kier alpha value is -1.78. The van der Waals surface area contributed by atoms with E-state index < -0.39 is 0 Å². The van der Waals surface area contributed by atoms with Crippen LogP contribution in [0.1, 0.15) is 38.9 Å². The SMILES string of the molecule is CCCCn1c(C)nc(-c2cncn2CCC)c1N. The minimum absolute atomic E-state index is 0.754. The van der Waals surface area contributed by atoms with Crippen molar-refractivity contribution in [2.45, 2.75) is 53.1 Å². The normalized spacial score (nSPS) is 11.1. The van der Waals surface area contributed by atoms with Crippen LogP contribution in [0.15, 0.2) is 12.5 Å². The van der Waals surface area contributed by atoms with Crippen molar-refractivity contribution >= 4 is 5.82 Å². The summed E-state index contributed by atoms with van der Waals surface area (Å²) in [5.74, 6) is 1.73. The van der Waals surface area contributed by atoms with Crippen molar-refractivity contribution in [1.82, 2.24) is 19.1 Å². The van der Waals surface area contributed by atoms with Gasteiger partial charge in [-0.25, -0.2) is 9.97 Å². The maximum Gasteiger partial charge on any atom is 0.133 e. The van der Waals surface area contributed by atoms with Crippen LogP contribution in [0.3, 0.4) is 0 Å². The third kappa shape index (κ3) is 2.64. The summed E-state index contributed by atoms with van der Waals surface area (Å²) in [6.07, 6.45) is 7.03. The van der Waals surface area contributed by atoms with Gasteiger partial charge >= 0.3 is 0 Å². The fourth-order valence-corrected chi connectivity index (χ4v) is 2.31. The standard InChI is InChI=1S/C14H23N5/c1-4-6-8-19-11(3)17-13(14(19)15)12-9-16-10-18(12)7-5-2/h9-10H,4-8,15H2,1-3H3. The summed E-state index contributed by atoms with van der Waals surface area (Å²) >= 11 is 0. The first-order valence-electron chi connectivity index (χ1n) is 7.02. The Morgan fingerprint density at radius 2 is 2.00 bits per heavy atom. The number of hydrogen-bond acceptors (Lipinski definition) is 3. The van der Waals surface area contributed by atoms with E-state index in [1.54, 1.807) is 0 Å². The smallest absolute Gasteiger partial charge is 0.133 e. The zero-order chi connectivity index (χ0) is 13.8. The summed E-state index contributed by atoms with van der Waals surface area (Å²) in [5, 5.41) is 0. The molecule has 0 aliphatic heterocycles. The van der Waals surface area contributed by atoms with Crippen molar-refractivity contribution in [2.24, 2.45) is 0 Å². The number of nitrogens with two attached hydrogens (primary N) is 1. The molecule has 2 aromatic rings. The molecule has 0 atom stereocenters. The van der Waals surface area contributed by atoms with Gasteiger partial charge < -0.3 is 14.9 Å². The number of nitrogen functional groups attached to an aromatic ring is 1. The Labute approximate surface area is 114 Å². The largest absolute Gasteiger partial charge is 0.383 e. The molecule has 0 aromatic carbocycles. The van der Waals surface area contributed by atoms with E-state index in [4.69, 9.17) is 5.73 Å². The number of anilines is 1. The quantitative estimate of drug-likeness (QED) is 0.869. The predicted molar refractivity (Wildman–Crippen MR) is 77.8 cm³/mol. The van der Waals surface area contributed by atoms with Crippen molar-refractivity contribution in [2.75, 3.05) is 5.73 Å². The lowest BCUT2D eigenvalue weighted by atomic mass is 10.3. The van der Waals surface area contributed by atoms with Crippen LogP contribution in [0.25, 0.3) is 11.4 Å². The van der Waals surface area contributed by atoms with Crippen LogP contribution in [0.4, 0.5) is 5.82 Å². The fourth-order valence-electron chi connectivity index (χ4n) is 2.31. The Bertz CT molecular complexity index is 538. The number of nitrogens with zero attached hydrogens (tertiary/aromatic N) is 4. The van der Waals surface area contributed by atoms with E-state index in [1.165, 1.54) is 0 Å². The number of hydrogen-bond donors (Lipinski definition) is 1. The van der Waals surface area contributed by atoms with E-state index in [9.17, 15) is 0 Å². The minimum atomic E-state index is 0.754. The lowest BCUT2D eigenvalue weighted by Crippen LogP contribution is -2.05. The second kappa shape index (κ2) is 5.91. The number of rotatable bonds is 6. The Morgan fingerprint density at radius 3 is 2.68 bits per heavy atom. The van der Waals surface area contributed by atoms with Gasteiger partial charge in [0.05, 0.1) is 18.2 Å². The lowest BCUT2D eigenvalue weighted by molar-refractivity contribution is 0.622. The summed E-state index contributed by atoms with van der Waals surface area (Å²) in [6.45, 7) is 8.21. The number of unbranched alkanes of at least 4 members (excludes halogenated alkanes) is 1. The van der Waals surface area contributed by atoms with Gasteiger partial charge in [-0.15, -0.1) is 0 Å². The number of aromatic nitrogens is 4. The molecule has 0 saturated heterocycles. The maximum absolute atomic E-state index is 6.26. The van der Waals surface area contributed by atoms with Crippen LogP contribution in [-0.2, 0) is 13.1 Å². The summed E-state index contributed by atoms with van der Waals surface area (Å²) < 4.78 is 4.21. The highest BCUT2D eigenvalue weighted by Crippen LogP contribution is 2.26. The molecule has 5 heteroatoms. The van der Waals surface area contributed by atoms with E-state index in [2.05, 4.69) is 32.9 Å². The highest BCUT2D eigenvalue weighted by molar-refractivity contribution is 5.67. The van der Waals surface area contributed by atoms with E-state index in [-0.39, 0.29) is 0 Å². The number of imidazole rings is 2.